The maximum Gasteiger partial charge on any atom is 0.187 e. The predicted molar refractivity (Wildman–Crippen MR) is 132 cm³/mol. The van der Waals surface area contributed by atoms with Gasteiger partial charge in [-0.3, -0.25) is 9.69 Å². The number of carbonyl (C=O) groups is 1. The highest BCUT2D eigenvalue weighted by atomic mass is 16.5. The summed E-state index contributed by atoms with van der Waals surface area (Å²) in [5.74, 6) is 0.763. The number of rotatable bonds is 6. The van der Waals surface area contributed by atoms with Crippen molar-refractivity contribution in [1.82, 2.24) is 4.90 Å². The van der Waals surface area contributed by atoms with E-state index in [1.807, 2.05) is 30.4 Å². The van der Waals surface area contributed by atoms with Crippen LogP contribution in [0.15, 0.2) is 77.9 Å². The molecule has 3 aromatic rings. The van der Waals surface area contributed by atoms with Crippen LogP contribution in [0.5, 0.6) is 23.0 Å². The standard InChI is InChI=1S/C28H27NO5/c1-33-26-14-20(8-10-24(26)30)12-22-17-29(16-19-6-4-3-5-7-19)18-23(28(22)32)13-21-9-11-25(31)27(15-21)34-2/h3-15,30-31H,16-18H2,1-2H3/b22-12+,23-13+. The van der Waals surface area contributed by atoms with Crippen LogP contribution >= 0.6 is 0 Å². The van der Waals surface area contributed by atoms with Crippen LogP contribution in [-0.4, -0.2) is 48.2 Å². The van der Waals surface area contributed by atoms with Crippen LogP contribution in [0.3, 0.4) is 0 Å². The van der Waals surface area contributed by atoms with E-state index in [2.05, 4.69) is 17.0 Å². The lowest BCUT2D eigenvalue weighted by atomic mass is 9.93. The topological polar surface area (TPSA) is 79.2 Å². The number of hydrogen-bond donors (Lipinski definition) is 2. The molecule has 0 spiro atoms. The smallest absolute Gasteiger partial charge is 0.187 e. The molecule has 6 heteroatoms. The number of hydrogen-bond acceptors (Lipinski definition) is 6. The minimum absolute atomic E-state index is 0.0385. The van der Waals surface area contributed by atoms with Gasteiger partial charge < -0.3 is 19.7 Å². The van der Waals surface area contributed by atoms with Gasteiger partial charge in [0.15, 0.2) is 28.8 Å². The highest BCUT2D eigenvalue weighted by Crippen LogP contribution is 2.31. The van der Waals surface area contributed by atoms with E-state index in [9.17, 15) is 15.0 Å². The van der Waals surface area contributed by atoms with Crippen LogP contribution in [0.4, 0.5) is 0 Å². The van der Waals surface area contributed by atoms with E-state index < -0.39 is 0 Å². The Morgan fingerprint density at radius 1 is 0.794 bits per heavy atom. The minimum Gasteiger partial charge on any atom is -0.504 e. The number of aromatic hydroxyl groups is 2. The molecular weight excluding hydrogens is 430 g/mol. The Hall–Kier alpha value is -4.03. The van der Waals surface area contributed by atoms with Gasteiger partial charge in [0.05, 0.1) is 14.2 Å². The van der Waals surface area contributed by atoms with Crippen LogP contribution in [0.25, 0.3) is 12.2 Å². The Morgan fingerprint density at radius 3 is 1.76 bits per heavy atom. The lowest BCUT2D eigenvalue weighted by Crippen LogP contribution is -2.37. The van der Waals surface area contributed by atoms with Gasteiger partial charge in [-0.05, 0) is 53.1 Å². The summed E-state index contributed by atoms with van der Waals surface area (Å²) in [6.45, 7) is 1.68. The third kappa shape index (κ3) is 5.30. The summed E-state index contributed by atoms with van der Waals surface area (Å²) in [6, 6.07) is 20.2. The number of benzene rings is 3. The highest BCUT2D eigenvalue weighted by Gasteiger charge is 2.26. The maximum absolute atomic E-state index is 13.5. The van der Waals surface area contributed by atoms with Crippen molar-refractivity contribution in [3.63, 3.8) is 0 Å². The lowest BCUT2D eigenvalue weighted by Gasteiger charge is -2.30. The molecule has 0 amide bonds. The van der Waals surface area contributed by atoms with Gasteiger partial charge in [0.25, 0.3) is 0 Å². The van der Waals surface area contributed by atoms with Crippen LogP contribution in [-0.2, 0) is 11.3 Å². The molecule has 0 bridgehead atoms. The zero-order valence-electron chi connectivity index (χ0n) is 19.2. The molecule has 4 rings (SSSR count). The van der Waals surface area contributed by atoms with Crippen LogP contribution in [0.1, 0.15) is 16.7 Å². The summed E-state index contributed by atoms with van der Waals surface area (Å²) in [7, 11) is 2.98. The molecule has 1 fully saturated rings. The van der Waals surface area contributed by atoms with Gasteiger partial charge in [-0.15, -0.1) is 0 Å². The van der Waals surface area contributed by atoms with Crippen molar-refractivity contribution in [1.29, 1.82) is 0 Å². The average Bonchev–Trinajstić information content (AvgIpc) is 2.85. The van der Waals surface area contributed by atoms with Crippen LogP contribution in [0, 0.1) is 0 Å². The Labute approximate surface area is 199 Å². The molecule has 1 heterocycles. The van der Waals surface area contributed by atoms with Crippen LogP contribution in [0.2, 0.25) is 0 Å². The second-order valence-corrected chi connectivity index (χ2v) is 8.16. The first kappa shape index (κ1) is 23.1. The van der Waals surface area contributed by atoms with Crippen molar-refractivity contribution >= 4 is 17.9 Å². The SMILES string of the molecule is COc1cc(/C=C2\CN(Cc3ccccc3)C/C(=C\c3ccc(O)c(OC)c3)C2=O)ccc1O. The van der Waals surface area contributed by atoms with Crippen molar-refractivity contribution in [3.8, 4) is 23.0 Å². The number of ketones is 1. The first-order chi connectivity index (χ1) is 16.5. The minimum atomic E-state index is -0.0385. The average molecular weight is 458 g/mol. The number of nitrogens with zero attached hydrogens (tertiary/aromatic N) is 1. The molecule has 0 aromatic heterocycles. The number of piperidine rings is 1. The van der Waals surface area contributed by atoms with E-state index in [4.69, 9.17) is 9.47 Å². The fourth-order valence-electron chi connectivity index (χ4n) is 4.03. The van der Waals surface area contributed by atoms with Gasteiger partial charge >= 0.3 is 0 Å². The summed E-state index contributed by atoms with van der Waals surface area (Å²) in [5, 5.41) is 19.8. The largest absolute Gasteiger partial charge is 0.504 e. The maximum atomic E-state index is 13.5. The van der Waals surface area contributed by atoms with Crippen molar-refractivity contribution in [3.05, 3.63) is 94.6 Å². The molecule has 2 N–H and O–H groups in total. The zero-order chi connectivity index (χ0) is 24.1. The van der Waals surface area contributed by atoms with Gasteiger partial charge in [-0.1, -0.05) is 42.5 Å². The molecule has 3 aromatic carbocycles. The number of ether oxygens (including phenoxy) is 2. The van der Waals surface area contributed by atoms with Crippen molar-refractivity contribution in [2.24, 2.45) is 0 Å². The lowest BCUT2D eigenvalue weighted by molar-refractivity contribution is -0.113. The Bertz CT molecular complexity index is 1170. The number of phenolic OH excluding ortho intramolecular Hbond substituents is 2. The van der Waals surface area contributed by atoms with E-state index in [1.165, 1.54) is 14.2 Å². The van der Waals surface area contributed by atoms with E-state index in [0.29, 0.717) is 42.3 Å². The first-order valence-electron chi connectivity index (χ1n) is 10.9. The zero-order valence-corrected chi connectivity index (χ0v) is 19.2. The molecule has 0 unspecified atom stereocenters. The number of likely N-dealkylation sites (tertiary alicyclic amines) is 1. The summed E-state index contributed by atoms with van der Waals surface area (Å²) < 4.78 is 10.4. The van der Waals surface area contributed by atoms with E-state index in [-0.39, 0.29) is 17.3 Å². The van der Waals surface area contributed by atoms with E-state index >= 15 is 0 Å². The molecular formula is C28H27NO5. The highest BCUT2D eigenvalue weighted by molar-refractivity contribution is 6.14. The Kier molecular flexibility index (Phi) is 6.99. The number of carbonyl (C=O) groups excluding carboxylic acids is 1. The van der Waals surface area contributed by atoms with Gasteiger partial charge in [-0.25, -0.2) is 0 Å². The molecule has 1 aliphatic rings. The molecule has 0 radical (unpaired) electrons. The fourth-order valence-corrected chi connectivity index (χ4v) is 4.03. The normalized spacial score (nSPS) is 16.7. The second-order valence-electron chi connectivity index (χ2n) is 8.16. The summed E-state index contributed by atoms with van der Waals surface area (Å²) in [5.41, 5.74) is 3.99. The van der Waals surface area contributed by atoms with Gasteiger partial charge in [0, 0.05) is 30.8 Å². The summed E-state index contributed by atoms with van der Waals surface area (Å²) in [4.78, 5) is 15.7. The molecule has 174 valence electrons. The van der Waals surface area contributed by atoms with Gasteiger partial charge in [0.2, 0.25) is 0 Å². The predicted octanol–water partition coefficient (Wildman–Crippen LogP) is 4.67. The molecule has 0 atom stereocenters. The number of phenols is 2. The van der Waals surface area contributed by atoms with Crippen LogP contribution < -0.4 is 9.47 Å². The van der Waals surface area contributed by atoms with Gasteiger partial charge in [0.1, 0.15) is 0 Å². The molecule has 34 heavy (non-hydrogen) atoms. The van der Waals surface area contributed by atoms with Crippen molar-refractivity contribution < 1.29 is 24.5 Å². The Morgan fingerprint density at radius 2 is 1.29 bits per heavy atom. The quantitative estimate of drug-likeness (QED) is 0.524. The molecule has 0 saturated carbocycles. The first-order valence-corrected chi connectivity index (χ1v) is 10.9. The van der Waals surface area contributed by atoms with E-state index in [0.717, 1.165) is 16.7 Å². The third-order valence-corrected chi connectivity index (χ3v) is 5.71. The number of Topliss-reactive ketones (excluding diaryl/α,β-unsaturated/α-hetero) is 1. The number of methoxy groups -OCH3 is 2. The third-order valence-electron chi connectivity index (χ3n) is 5.71. The molecule has 0 aliphatic carbocycles. The summed E-state index contributed by atoms with van der Waals surface area (Å²) in [6.07, 6.45) is 3.68. The van der Waals surface area contributed by atoms with Crippen molar-refractivity contribution in [2.75, 3.05) is 27.3 Å². The Balaban J connectivity index is 1.71. The van der Waals surface area contributed by atoms with Gasteiger partial charge in [-0.2, -0.15) is 0 Å². The summed E-state index contributed by atoms with van der Waals surface area (Å²) >= 11 is 0. The monoisotopic (exact) mass is 457 g/mol. The molecule has 1 aliphatic heterocycles. The van der Waals surface area contributed by atoms with Crippen molar-refractivity contribution in [2.45, 2.75) is 6.54 Å². The molecule has 6 nitrogen and oxygen atoms in total. The molecule has 1 saturated heterocycles. The van der Waals surface area contributed by atoms with E-state index in [1.54, 1.807) is 36.4 Å². The fraction of sp³-hybridized carbons (Fsp3) is 0.179. The second kappa shape index (κ2) is 10.3.